The standard InChI is InChI=1S/C14H19NO5/c1-9(14-11(16)3-2-4-12(14)17)15-5-6-20-8-10(15)7-13(18)19/h2-4,9-10,16-17H,5-8H2,1H3,(H,18,19). The molecule has 2 rings (SSSR count). The summed E-state index contributed by atoms with van der Waals surface area (Å²) in [6, 6.07) is 4.03. The zero-order chi connectivity index (χ0) is 14.7. The van der Waals surface area contributed by atoms with Crippen molar-refractivity contribution in [3.63, 3.8) is 0 Å². The molecule has 0 aromatic heterocycles. The topological polar surface area (TPSA) is 90.2 Å². The zero-order valence-corrected chi connectivity index (χ0v) is 11.3. The molecule has 0 spiro atoms. The quantitative estimate of drug-likeness (QED) is 0.771. The summed E-state index contributed by atoms with van der Waals surface area (Å²) >= 11 is 0. The smallest absolute Gasteiger partial charge is 0.305 e. The molecule has 0 saturated carbocycles. The Morgan fingerprint density at radius 2 is 2.10 bits per heavy atom. The summed E-state index contributed by atoms with van der Waals surface area (Å²) in [7, 11) is 0. The van der Waals surface area contributed by atoms with Crippen molar-refractivity contribution in [2.75, 3.05) is 19.8 Å². The van der Waals surface area contributed by atoms with Gasteiger partial charge in [0.25, 0.3) is 0 Å². The Morgan fingerprint density at radius 1 is 1.45 bits per heavy atom. The van der Waals surface area contributed by atoms with E-state index >= 15 is 0 Å². The molecule has 1 aliphatic heterocycles. The van der Waals surface area contributed by atoms with Crippen molar-refractivity contribution in [3.05, 3.63) is 23.8 Å². The number of phenolic OH excluding ortho intramolecular Hbond substituents is 2. The number of carbonyl (C=O) groups is 1. The van der Waals surface area contributed by atoms with E-state index in [0.717, 1.165) is 0 Å². The van der Waals surface area contributed by atoms with Crippen LogP contribution in [0.2, 0.25) is 0 Å². The number of phenols is 2. The van der Waals surface area contributed by atoms with Gasteiger partial charge in [-0.2, -0.15) is 0 Å². The number of morpholine rings is 1. The van der Waals surface area contributed by atoms with E-state index in [1.54, 1.807) is 6.07 Å². The van der Waals surface area contributed by atoms with E-state index < -0.39 is 5.97 Å². The number of aromatic hydroxyl groups is 2. The molecule has 1 aliphatic rings. The Labute approximate surface area is 117 Å². The molecule has 20 heavy (non-hydrogen) atoms. The number of ether oxygens (including phenoxy) is 1. The number of benzene rings is 1. The van der Waals surface area contributed by atoms with Gasteiger partial charge >= 0.3 is 5.97 Å². The van der Waals surface area contributed by atoms with Gasteiger partial charge in [-0.05, 0) is 19.1 Å². The fourth-order valence-corrected chi connectivity index (χ4v) is 2.69. The fraction of sp³-hybridized carbons (Fsp3) is 0.500. The number of nitrogens with zero attached hydrogens (tertiary/aromatic N) is 1. The highest BCUT2D eigenvalue weighted by Crippen LogP contribution is 2.37. The lowest BCUT2D eigenvalue weighted by Crippen LogP contribution is -2.47. The molecule has 1 fully saturated rings. The third kappa shape index (κ3) is 3.02. The molecule has 0 aliphatic carbocycles. The highest BCUT2D eigenvalue weighted by Gasteiger charge is 2.31. The van der Waals surface area contributed by atoms with Gasteiger partial charge in [-0.15, -0.1) is 0 Å². The molecule has 1 aromatic carbocycles. The van der Waals surface area contributed by atoms with E-state index in [-0.39, 0.29) is 30.0 Å². The molecular weight excluding hydrogens is 262 g/mol. The van der Waals surface area contributed by atoms with Crippen molar-refractivity contribution in [1.82, 2.24) is 4.90 Å². The van der Waals surface area contributed by atoms with Crippen LogP contribution in [0.25, 0.3) is 0 Å². The fourth-order valence-electron chi connectivity index (χ4n) is 2.69. The minimum Gasteiger partial charge on any atom is -0.507 e. The zero-order valence-electron chi connectivity index (χ0n) is 11.3. The molecule has 1 aromatic rings. The SMILES string of the molecule is CC(c1c(O)cccc1O)N1CCOCC1CC(=O)O. The Kier molecular flexibility index (Phi) is 4.46. The Balaban J connectivity index is 2.25. The maximum absolute atomic E-state index is 10.9. The second kappa shape index (κ2) is 6.11. The molecule has 6 heteroatoms. The van der Waals surface area contributed by atoms with Crippen LogP contribution in [0.4, 0.5) is 0 Å². The molecule has 0 amide bonds. The van der Waals surface area contributed by atoms with Gasteiger partial charge in [0.2, 0.25) is 0 Å². The van der Waals surface area contributed by atoms with E-state index in [1.165, 1.54) is 12.1 Å². The number of hydrogen-bond donors (Lipinski definition) is 3. The molecule has 110 valence electrons. The molecule has 0 radical (unpaired) electrons. The van der Waals surface area contributed by atoms with Gasteiger partial charge < -0.3 is 20.1 Å². The van der Waals surface area contributed by atoms with Gasteiger partial charge in [0.15, 0.2) is 0 Å². The van der Waals surface area contributed by atoms with Crippen LogP contribution < -0.4 is 0 Å². The van der Waals surface area contributed by atoms with Crippen LogP contribution in [0, 0.1) is 0 Å². The summed E-state index contributed by atoms with van der Waals surface area (Å²) in [5.41, 5.74) is 0.421. The lowest BCUT2D eigenvalue weighted by Gasteiger charge is -2.39. The molecule has 1 saturated heterocycles. The van der Waals surface area contributed by atoms with Crippen LogP contribution in [-0.4, -0.2) is 52.0 Å². The van der Waals surface area contributed by atoms with Crippen molar-refractivity contribution < 1.29 is 24.9 Å². The van der Waals surface area contributed by atoms with Crippen molar-refractivity contribution in [2.45, 2.75) is 25.4 Å². The molecule has 3 N–H and O–H groups in total. The van der Waals surface area contributed by atoms with Crippen molar-refractivity contribution >= 4 is 5.97 Å². The first kappa shape index (κ1) is 14.6. The van der Waals surface area contributed by atoms with Crippen LogP contribution in [0.3, 0.4) is 0 Å². The number of carboxylic acids is 1. The first-order valence-corrected chi connectivity index (χ1v) is 6.57. The molecule has 1 heterocycles. The summed E-state index contributed by atoms with van der Waals surface area (Å²) in [4.78, 5) is 12.9. The third-order valence-electron chi connectivity index (χ3n) is 3.66. The van der Waals surface area contributed by atoms with Crippen molar-refractivity contribution in [3.8, 4) is 11.5 Å². The summed E-state index contributed by atoms with van der Waals surface area (Å²) in [6.07, 6.45) is -0.0291. The first-order valence-electron chi connectivity index (χ1n) is 6.57. The lowest BCUT2D eigenvalue weighted by atomic mass is 10.0. The van der Waals surface area contributed by atoms with Crippen LogP contribution in [0.5, 0.6) is 11.5 Å². The summed E-state index contributed by atoms with van der Waals surface area (Å²) < 4.78 is 5.33. The average molecular weight is 281 g/mol. The van der Waals surface area contributed by atoms with E-state index in [9.17, 15) is 15.0 Å². The third-order valence-corrected chi connectivity index (χ3v) is 3.66. The van der Waals surface area contributed by atoms with Crippen LogP contribution in [0.1, 0.15) is 24.9 Å². The Hall–Kier alpha value is -1.79. The van der Waals surface area contributed by atoms with Gasteiger partial charge in [0, 0.05) is 18.6 Å². The second-order valence-corrected chi connectivity index (χ2v) is 4.95. The van der Waals surface area contributed by atoms with Gasteiger partial charge in [-0.3, -0.25) is 9.69 Å². The van der Waals surface area contributed by atoms with Crippen LogP contribution >= 0.6 is 0 Å². The van der Waals surface area contributed by atoms with Gasteiger partial charge in [-0.1, -0.05) is 6.07 Å². The highest BCUT2D eigenvalue weighted by molar-refractivity contribution is 5.67. The van der Waals surface area contributed by atoms with Gasteiger partial charge in [0.05, 0.1) is 25.2 Å². The first-order chi connectivity index (χ1) is 9.50. The molecular formula is C14H19NO5. The van der Waals surface area contributed by atoms with Gasteiger partial charge in [-0.25, -0.2) is 0 Å². The van der Waals surface area contributed by atoms with E-state index in [1.807, 2.05) is 11.8 Å². The minimum absolute atomic E-state index is 0.0121. The summed E-state index contributed by atoms with van der Waals surface area (Å²) in [5.74, 6) is -0.865. The Morgan fingerprint density at radius 3 is 2.70 bits per heavy atom. The number of aliphatic carboxylic acids is 1. The largest absolute Gasteiger partial charge is 0.507 e. The predicted molar refractivity (Wildman–Crippen MR) is 71.8 cm³/mol. The maximum atomic E-state index is 10.9. The van der Waals surface area contributed by atoms with Crippen LogP contribution in [0.15, 0.2) is 18.2 Å². The predicted octanol–water partition coefficient (Wildman–Crippen LogP) is 1.33. The Bertz CT molecular complexity index is 470. The van der Waals surface area contributed by atoms with E-state index in [0.29, 0.717) is 25.3 Å². The minimum atomic E-state index is -0.890. The summed E-state index contributed by atoms with van der Waals surface area (Å²) in [6.45, 7) is 3.25. The molecule has 2 atom stereocenters. The van der Waals surface area contributed by atoms with Crippen molar-refractivity contribution in [2.24, 2.45) is 0 Å². The summed E-state index contributed by atoms with van der Waals surface area (Å²) in [5, 5.41) is 28.8. The van der Waals surface area contributed by atoms with Crippen molar-refractivity contribution in [1.29, 1.82) is 0 Å². The molecule has 0 bridgehead atoms. The molecule has 2 unspecified atom stereocenters. The maximum Gasteiger partial charge on any atom is 0.305 e. The normalized spacial score (nSPS) is 21.6. The van der Waals surface area contributed by atoms with Crippen LogP contribution in [-0.2, 0) is 9.53 Å². The molecule has 6 nitrogen and oxygen atoms in total. The van der Waals surface area contributed by atoms with E-state index in [4.69, 9.17) is 9.84 Å². The number of hydrogen-bond acceptors (Lipinski definition) is 5. The number of rotatable bonds is 4. The average Bonchev–Trinajstić information content (AvgIpc) is 2.38. The van der Waals surface area contributed by atoms with E-state index in [2.05, 4.69) is 0 Å². The second-order valence-electron chi connectivity index (χ2n) is 4.95. The van der Waals surface area contributed by atoms with Gasteiger partial charge in [0.1, 0.15) is 11.5 Å². The highest BCUT2D eigenvalue weighted by atomic mass is 16.5. The monoisotopic (exact) mass is 281 g/mol. The number of carboxylic acid groups (broad SMARTS) is 1. The lowest BCUT2D eigenvalue weighted by molar-refractivity contribution is -0.140.